The van der Waals surface area contributed by atoms with Crippen LogP contribution in [0.1, 0.15) is 0 Å². The average molecular weight is 327 g/mol. The van der Waals surface area contributed by atoms with Crippen molar-refractivity contribution in [3.8, 4) is 11.5 Å². The summed E-state index contributed by atoms with van der Waals surface area (Å²) in [6.45, 7) is 0.149. The number of rotatable bonds is 3. The fraction of sp³-hybridized carbons (Fsp3) is 0.176. The van der Waals surface area contributed by atoms with Crippen LogP contribution in [-0.2, 0) is 9.59 Å². The van der Waals surface area contributed by atoms with Gasteiger partial charge in [0.15, 0.2) is 11.5 Å². The molecule has 1 aliphatic rings. The molecule has 1 aliphatic heterocycles. The number of amides is 2. The second-order valence-electron chi connectivity index (χ2n) is 5.42. The zero-order chi connectivity index (χ0) is 17.1. The smallest absolute Gasteiger partial charge is 0.314 e. The van der Waals surface area contributed by atoms with Gasteiger partial charge in [-0.1, -0.05) is 0 Å². The Bertz CT molecular complexity index is 772. The van der Waals surface area contributed by atoms with E-state index in [9.17, 15) is 9.59 Å². The van der Waals surface area contributed by atoms with Gasteiger partial charge in [-0.05, 0) is 36.4 Å². The second-order valence-corrected chi connectivity index (χ2v) is 5.42. The third kappa shape index (κ3) is 3.40. The quantitative estimate of drug-likeness (QED) is 0.844. The molecule has 7 nitrogen and oxygen atoms in total. The first-order valence-electron chi connectivity index (χ1n) is 7.32. The number of carbonyl (C=O) groups excluding carboxylic acids is 2. The maximum Gasteiger partial charge on any atom is 0.314 e. The number of hydrogen-bond acceptors (Lipinski definition) is 5. The molecule has 2 amide bonds. The highest BCUT2D eigenvalue weighted by Gasteiger charge is 2.17. The van der Waals surface area contributed by atoms with E-state index in [0.717, 1.165) is 5.69 Å². The summed E-state index contributed by atoms with van der Waals surface area (Å²) in [5.41, 5.74) is 2.01. The first-order valence-corrected chi connectivity index (χ1v) is 7.32. The number of benzene rings is 2. The zero-order valence-corrected chi connectivity index (χ0v) is 13.3. The van der Waals surface area contributed by atoms with Crippen molar-refractivity contribution in [2.75, 3.05) is 36.4 Å². The molecule has 0 aliphatic carbocycles. The molecule has 0 fully saturated rings. The van der Waals surface area contributed by atoms with Gasteiger partial charge in [-0.15, -0.1) is 0 Å². The predicted octanol–water partition coefficient (Wildman–Crippen LogP) is 2.06. The van der Waals surface area contributed by atoms with E-state index in [1.807, 2.05) is 31.1 Å². The molecule has 24 heavy (non-hydrogen) atoms. The lowest BCUT2D eigenvalue weighted by Crippen LogP contribution is -2.29. The van der Waals surface area contributed by atoms with Gasteiger partial charge in [-0.25, -0.2) is 0 Å². The number of carbonyl (C=O) groups is 2. The van der Waals surface area contributed by atoms with Crippen LogP contribution >= 0.6 is 0 Å². The highest BCUT2D eigenvalue weighted by Crippen LogP contribution is 2.34. The van der Waals surface area contributed by atoms with E-state index in [2.05, 4.69) is 10.6 Å². The highest BCUT2D eigenvalue weighted by molar-refractivity contribution is 6.43. The SMILES string of the molecule is CN(C)c1ccc(NC(=O)C(=O)Nc2ccc3c(c2)OCO3)cc1. The summed E-state index contributed by atoms with van der Waals surface area (Å²) in [6, 6.07) is 12.1. The lowest BCUT2D eigenvalue weighted by atomic mass is 10.2. The number of nitrogens with zero attached hydrogens (tertiary/aromatic N) is 1. The standard InChI is InChI=1S/C17H17N3O4/c1-20(2)13-6-3-11(4-7-13)18-16(21)17(22)19-12-5-8-14-15(9-12)24-10-23-14/h3-9H,10H2,1-2H3,(H,18,21)(H,19,22). The maximum atomic E-state index is 12.0. The van der Waals surface area contributed by atoms with Crippen LogP contribution < -0.4 is 25.0 Å². The van der Waals surface area contributed by atoms with Crippen LogP contribution in [0.4, 0.5) is 17.1 Å². The van der Waals surface area contributed by atoms with Crippen LogP contribution in [0, 0.1) is 0 Å². The summed E-state index contributed by atoms with van der Waals surface area (Å²) < 4.78 is 10.4. The van der Waals surface area contributed by atoms with Crippen LogP contribution in [0.5, 0.6) is 11.5 Å². The Hall–Kier alpha value is -3.22. The number of hydrogen-bond donors (Lipinski definition) is 2. The Morgan fingerprint density at radius 3 is 2.12 bits per heavy atom. The van der Waals surface area contributed by atoms with Crippen LogP contribution in [0.25, 0.3) is 0 Å². The van der Waals surface area contributed by atoms with Crippen molar-refractivity contribution >= 4 is 28.9 Å². The third-order valence-corrected chi connectivity index (χ3v) is 3.48. The lowest BCUT2D eigenvalue weighted by molar-refractivity contribution is -0.132. The van der Waals surface area contributed by atoms with E-state index in [1.54, 1.807) is 30.3 Å². The fourth-order valence-electron chi connectivity index (χ4n) is 2.19. The Balaban J connectivity index is 1.61. The molecule has 3 rings (SSSR count). The van der Waals surface area contributed by atoms with Crippen LogP contribution in [0.2, 0.25) is 0 Å². The van der Waals surface area contributed by atoms with Crippen molar-refractivity contribution in [2.45, 2.75) is 0 Å². The normalized spacial score (nSPS) is 11.8. The van der Waals surface area contributed by atoms with Crippen LogP contribution in [0.15, 0.2) is 42.5 Å². The van der Waals surface area contributed by atoms with Gasteiger partial charge in [0, 0.05) is 37.2 Å². The molecule has 0 saturated carbocycles. The van der Waals surface area contributed by atoms with Crippen molar-refractivity contribution < 1.29 is 19.1 Å². The second kappa shape index (κ2) is 6.49. The van der Waals surface area contributed by atoms with Crippen molar-refractivity contribution in [2.24, 2.45) is 0 Å². The number of fused-ring (bicyclic) bond motifs is 1. The largest absolute Gasteiger partial charge is 0.454 e. The minimum absolute atomic E-state index is 0.149. The Labute approximate surface area is 139 Å². The Morgan fingerprint density at radius 1 is 0.875 bits per heavy atom. The molecule has 0 bridgehead atoms. The molecule has 7 heteroatoms. The first kappa shape index (κ1) is 15.7. The minimum atomic E-state index is -0.759. The monoisotopic (exact) mass is 327 g/mol. The van der Waals surface area contributed by atoms with Gasteiger partial charge in [-0.3, -0.25) is 9.59 Å². The average Bonchev–Trinajstić information content (AvgIpc) is 3.03. The molecular weight excluding hydrogens is 310 g/mol. The Morgan fingerprint density at radius 2 is 1.46 bits per heavy atom. The van der Waals surface area contributed by atoms with E-state index < -0.39 is 11.8 Å². The highest BCUT2D eigenvalue weighted by atomic mass is 16.7. The molecule has 2 aromatic rings. The summed E-state index contributed by atoms with van der Waals surface area (Å²) >= 11 is 0. The van der Waals surface area contributed by atoms with Gasteiger partial charge in [0.05, 0.1) is 0 Å². The van der Waals surface area contributed by atoms with Gasteiger partial charge in [0.1, 0.15) is 0 Å². The van der Waals surface area contributed by atoms with Gasteiger partial charge >= 0.3 is 11.8 Å². The third-order valence-electron chi connectivity index (χ3n) is 3.48. The fourth-order valence-corrected chi connectivity index (χ4v) is 2.19. The van der Waals surface area contributed by atoms with Crippen LogP contribution in [-0.4, -0.2) is 32.7 Å². The van der Waals surface area contributed by atoms with E-state index in [1.165, 1.54) is 0 Å². The molecule has 0 aromatic heterocycles. The summed E-state index contributed by atoms with van der Waals surface area (Å²) in [4.78, 5) is 25.9. The van der Waals surface area contributed by atoms with Gasteiger partial charge in [0.2, 0.25) is 6.79 Å². The lowest BCUT2D eigenvalue weighted by Gasteiger charge is -2.13. The summed E-state index contributed by atoms with van der Waals surface area (Å²) in [5.74, 6) is -0.360. The molecule has 1 heterocycles. The van der Waals surface area contributed by atoms with E-state index in [0.29, 0.717) is 22.9 Å². The van der Waals surface area contributed by atoms with Crippen molar-refractivity contribution in [1.29, 1.82) is 0 Å². The van der Waals surface area contributed by atoms with E-state index in [4.69, 9.17) is 9.47 Å². The zero-order valence-electron chi connectivity index (χ0n) is 13.3. The van der Waals surface area contributed by atoms with Crippen LogP contribution in [0.3, 0.4) is 0 Å². The van der Waals surface area contributed by atoms with Gasteiger partial charge in [0.25, 0.3) is 0 Å². The number of ether oxygens (including phenoxy) is 2. The molecular formula is C17H17N3O4. The van der Waals surface area contributed by atoms with Crippen molar-refractivity contribution in [3.05, 3.63) is 42.5 Å². The topological polar surface area (TPSA) is 79.9 Å². The van der Waals surface area contributed by atoms with E-state index >= 15 is 0 Å². The van der Waals surface area contributed by atoms with Crippen molar-refractivity contribution in [3.63, 3.8) is 0 Å². The number of anilines is 3. The molecule has 0 saturated heterocycles. The molecule has 0 spiro atoms. The van der Waals surface area contributed by atoms with Gasteiger partial charge < -0.3 is 25.0 Å². The predicted molar refractivity (Wildman–Crippen MR) is 90.6 cm³/mol. The molecule has 0 atom stereocenters. The Kier molecular flexibility index (Phi) is 4.24. The molecule has 0 radical (unpaired) electrons. The molecule has 124 valence electrons. The maximum absolute atomic E-state index is 12.0. The summed E-state index contributed by atoms with van der Waals surface area (Å²) in [6.07, 6.45) is 0. The molecule has 2 aromatic carbocycles. The summed E-state index contributed by atoms with van der Waals surface area (Å²) in [5, 5.41) is 5.08. The summed E-state index contributed by atoms with van der Waals surface area (Å²) in [7, 11) is 3.85. The molecule has 0 unspecified atom stereocenters. The number of nitrogens with one attached hydrogen (secondary N) is 2. The van der Waals surface area contributed by atoms with Gasteiger partial charge in [-0.2, -0.15) is 0 Å². The van der Waals surface area contributed by atoms with Crippen molar-refractivity contribution in [1.82, 2.24) is 0 Å². The van der Waals surface area contributed by atoms with E-state index in [-0.39, 0.29) is 6.79 Å². The first-order chi connectivity index (χ1) is 11.5. The molecule has 2 N–H and O–H groups in total. The minimum Gasteiger partial charge on any atom is -0.454 e.